The largest absolute Gasteiger partial charge is 0.508 e. The molecule has 0 amide bonds. The van der Waals surface area contributed by atoms with Gasteiger partial charge in [0, 0.05) is 6.42 Å². The maximum absolute atomic E-state index is 10.8. The van der Waals surface area contributed by atoms with Crippen LogP contribution in [0.5, 0.6) is 0 Å². The minimum absolute atomic E-state index is 0.0822. The normalized spacial score (nSPS) is 35.8. The lowest BCUT2D eigenvalue weighted by Crippen LogP contribution is -2.26. The Bertz CT molecular complexity index is 260. The SMILES string of the molecule is COC(=O)OC[C@@H]1C[C@H]2OC(C)(C)O[C@@H]2O1. The van der Waals surface area contributed by atoms with E-state index in [2.05, 4.69) is 4.74 Å². The van der Waals surface area contributed by atoms with E-state index in [4.69, 9.17) is 18.9 Å². The second-order valence-electron chi connectivity index (χ2n) is 4.30. The molecule has 0 unspecified atom stereocenters. The molecule has 92 valence electrons. The molecule has 3 atom stereocenters. The van der Waals surface area contributed by atoms with Gasteiger partial charge in [0.15, 0.2) is 12.1 Å². The number of fused-ring (bicyclic) bond motifs is 1. The zero-order valence-corrected chi connectivity index (χ0v) is 9.60. The highest BCUT2D eigenvalue weighted by molar-refractivity contribution is 5.59. The van der Waals surface area contributed by atoms with Crippen molar-refractivity contribution in [2.75, 3.05) is 13.7 Å². The van der Waals surface area contributed by atoms with Crippen LogP contribution >= 0.6 is 0 Å². The Hall–Kier alpha value is -0.850. The van der Waals surface area contributed by atoms with E-state index in [1.54, 1.807) is 0 Å². The highest BCUT2D eigenvalue weighted by atomic mass is 16.8. The lowest BCUT2D eigenvalue weighted by atomic mass is 10.2. The number of carbonyl (C=O) groups excluding carboxylic acids is 1. The molecular formula is C10H16O6. The average Bonchev–Trinajstić information content (AvgIpc) is 2.67. The molecule has 2 fully saturated rings. The molecule has 0 saturated carbocycles. The van der Waals surface area contributed by atoms with Gasteiger partial charge >= 0.3 is 6.16 Å². The summed E-state index contributed by atoms with van der Waals surface area (Å²) in [6, 6.07) is 0. The fraction of sp³-hybridized carbons (Fsp3) is 0.900. The maximum Gasteiger partial charge on any atom is 0.508 e. The van der Waals surface area contributed by atoms with Gasteiger partial charge in [0.25, 0.3) is 0 Å². The minimum atomic E-state index is -0.706. The van der Waals surface area contributed by atoms with Crippen LogP contribution in [0.2, 0.25) is 0 Å². The van der Waals surface area contributed by atoms with Crippen LogP contribution in [0.3, 0.4) is 0 Å². The van der Waals surface area contributed by atoms with Gasteiger partial charge < -0.3 is 23.7 Å². The molecule has 0 radical (unpaired) electrons. The molecule has 2 aliphatic heterocycles. The second kappa shape index (κ2) is 4.20. The molecular weight excluding hydrogens is 216 g/mol. The Labute approximate surface area is 93.7 Å². The topological polar surface area (TPSA) is 63.2 Å². The molecule has 0 aromatic rings. The van der Waals surface area contributed by atoms with E-state index in [0.717, 1.165) is 0 Å². The van der Waals surface area contributed by atoms with Crippen LogP contribution in [0, 0.1) is 0 Å². The molecule has 2 heterocycles. The highest BCUT2D eigenvalue weighted by Gasteiger charge is 2.48. The van der Waals surface area contributed by atoms with Gasteiger partial charge in [-0.05, 0) is 13.8 Å². The van der Waals surface area contributed by atoms with E-state index < -0.39 is 11.9 Å². The summed E-state index contributed by atoms with van der Waals surface area (Å²) in [5.41, 5.74) is 0. The summed E-state index contributed by atoms with van der Waals surface area (Å²) in [6.07, 6.45) is -0.680. The molecule has 6 nitrogen and oxygen atoms in total. The van der Waals surface area contributed by atoms with Crippen LogP contribution in [0.25, 0.3) is 0 Å². The van der Waals surface area contributed by atoms with Crippen LogP contribution in [-0.2, 0) is 23.7 Å². The molecule has 0 aliphatic carbocycles. The van der Waals surface area contributed by atoms with Crippen LogP contribution in [-0.4, -0.2) is 44.2 Å². The molecule has 2 aliphatic rings. The van der Waals surface area contributed by atoms with Crippen molar-refractivity contribution in [1.29, 1.82) is 0 Å². The van der Waals surface area contributed by atoms with Gasteiger partial charge in [0.1, 0.15) is 12.7 Å². The minimum Gasteiger partial charge on any atom is -0.438 e. The zero-order valence-electron chi connectivity index (χ0n) is 9.60. The van der Waals surface area contributed by atoms with Gasteiger partial charge in [0.05, 0.1) is 13.2 Å². The molecule has 6 heteroatoms. The van der Waals surface area contributed by atoms with E-state index >= 15 is 0 Å². The number of ether oxygens (including phenoxy) is 5. The third-order valence-corrected chi connectivity index (χ3v) is 2.51. The third-order valence-electron chi connectivity index (χ3n) is 2.51. The van der Waals surface area contributed by atoms with Crippen molar-refractivity contribution < 1.29 is 28.5 Å². The standard InChI is InChI=1S/C10H16O6/c1-10(2)15-7-4-6(14-8(7)16-10)5-13-9(11)12-3/h6-8H,4-5H2,1-3H3/t6-,7+,8-/m0/s1. The van der Waals surface area contributed by atoms with Gasteiger partial charge in [-0.1, -0.05) is 0 Å². The van der Waals surface area contributed by atoms with Gasteiger partial charge in [0.2, 0.25) is 0 Å². The fourth-order valence-electron chi connectivity index (χ4n) is 1.91. The van der Waals surface area contributed by atoms with Crippen molar-refractivity contribution in [2.24, 2.45) is 0 Å². The van der Waals surface area contributed by atoms with Crippen LogP contribution in [0.4, 0.5) is 4.79 Å². The van der Waals surface area contributed by atoms with Crippen molar-refractivity contribution >= 4 is 6.16 Å². The molecule has 16 heavy (non-hydrogen) atoms. The first-order valence-corrected chi connectivity index (χ1v) is 5.22. The summed E-state index contributed by atoms with van der Waals surface area (Å²) >= 11 is 0. The summed E-state index contributed by atoms with van der Waals surface area (Å²) in [6.45, 7) is 3.84. The summed E-state index contributed by atoms with van der Waals surface area (Å²) in [5, 5.41) is 0. The zero-order chi connectivity index (χ0) is 11.8. The first kappa shape index (κ1) is 11.6. The van der Waals surface area contributed by atoms with E-state index in [9.17, 15) is 4.79 Å². The van der Waals surface area contributed by atoms with E-state index in [1.165, 1.54) is 7.11 Å². The Morgan fingerprint density at radius 1 is 1.44 bits per heavy atom. The maximum atomic E-state index is 10.8. The second-order valence-corrected chi connectivity index (χ2v) is 4.30. The Balaban J connectivity index is 1.77. The van der Waals surface area contributed by atoms with Gasteiger partial charge in [-0.15, -0.1) is 0 Å². The quantitative estimate of drug-likeness (QED) is 0.663. The fourth-order valence-corrected chi connectivity index (χ4v) is 1.91. The molecule has 0 N–H and O–H groups in total. The van der Waals surface area contributed by atoms with Gasteiger partial charge in [-0.2, -0.15) is 0 Å². The summed E-state index contributed by atoms with van der Waals surface area (Å²) < 4.78 is 25.8. The van der Waals surface area contributed by atoms with E-state index in [0.29, 0.717) is 6.42 Å². The average molecular weight is 232 g/mol. The molecule has 0 spiro atoms. The van der Waals surface area contributed by atoms with Crippen molar-refractivity contribution in [3.05, 3.63) is 0 Å². The predicted molar refractivity (Wildman–Crippen MR) is 51.7 cm³/mol. The Morgan fingerprint density at radius 3 is 2.81 bits per heavy atom. The third kappa shape index (κ3) is 2.45. The first-order valence-electron chi connectivity index (χ1n) is 5.22. The number of hydrogen-bond donors (Lipinski definition) is 0. The van der Waals surface area contributed by atoms with Crippen LogP contribution in [0.1, 0.15) is 20.3 Å². The molecule has 0 aromatic carbocycles. The van der Waals surface area contributed by atoms with E-state index in [1.807, 2.05) is 13.8 Å². The van der Waals surface area contributed by atoms with Crippen molar-refractivity contribution in [3.8, 4) is 0 Å². The van der Waals surface area contributed by atoms with Gasteiger partial charge in [-0.3, -0.25) is 0 Å². The highest BCUT2D eigenvalue weighted by Crippen LogP contribution is 2.36. The monoisotopic (exact) mass is 232 g/mol. The summed E-state index contributed by atoms with van der Waals surface area (Å²) in [5.74, 6) is -0.594. The van der Waals surface area contributed by atoms with Crippen LogP contribution in [0.15, 0.2) is 0 Å². The molecule has 2 rings (SSSR count). The van der Waals surface area contributed by atoms with E-state index in [-0.39, 0.29) is 25.1 Å². The predicted octanol–water partition coefficient (Wildman–Crippen LogP) is 1.04. The van der Waals surface area contributed by atoms with Crippen molar-refractivity contribution in [2.45, 2.75) is 44.6 Å². The number of carbonyl (C=O) groups is 1. The number of methoxy groups -OCH3 is 1. The van der Waals surface area contributed by atoms with Crippen molar-refractivity contribution in [3.63, 3.8) is 0 Å². The van der Waals surface area contributed by atoms with Gasteiger partial charge in [-0.25, -0.2) is 4.79 Å². The first-order chi connectivity index (χ1) is 7.50. The number of rotatable bonds is 2. The van der Waals surface area contributed by atoms with Crippen molar-refractivity contribution in [1.82, 2.24) is 0 Å². The molecule has 0 bridgehead atoms. The van der Waals surface area contributed by atoms with Crippen LogP contribution < -0.4 is 0 Å². The lowest BCUT2D eigenvalue weighted by molar-refractivity contribution is -0.208. The smallest absolute Gasteiger partial charge is 0.438 e. The molecule has 2 saturated heterocycles. The Morgan fingerprint density at radius 2 is 2.19 bits per heavy atom. The Kier molecular flexibility index (Phi) is 3.05. The summed E-state index contributed by atoms with van der Waals surface area (Å²) in [7, 11) is 1.27. The lowest BCUT2D eigenvalue weighted by Gasteiger charge is -2.20. The number of hydrogen-bond acceptors (Lipinski definition) is 6. The molecule has 0 aromatic heterocycles. The summed E-state index contributed by atoms with van der Waals surface area (Å²) in [4.78, 5) is 10.8.